The lowest BCUT2D eigenvalue weighted by molar-refractivity contribution is -0.143. The number of carbonyl (C=O) groups excluding carboxylic acids is 3. The number of thiazole rings is 1. The number of amides is 4. The Bertz CT molecular complexity index is 1070. The van der Waals surface area contributed by atoms with Gasteiger partial charge in [-0.3, -0.25) is 23.7 Å². The predicted octanol–water partition coefficient (Wildman–Crippen LogP) is 1.35. The van der Waals surface area contributed by atoms with Crippen molar-refractivity contribution < 1.29 is 14.4 Å². The van der Waals surface area contributed by atoms with Crippen molar-refractivity contribution in [3.05, 3.63) is 56.1 Å². The number of rotatable bonds is 5. The van der Waals surface area contributed by atoms with Crippen molar-refractivity contribution in [1.82, 2.24) is 19.2 Å². The third-order valence-electron chi connectivity index (χ3n) is 3.97. The third-order valence-corrected chi connectivity index (χ3v) is 5.67. The summed E-state index contributed by atoms with van der Waals surface area (Å²) < 4.78 is 1.38. The first-order valence-corrected chi connectivity index (χ1v) is 9.46. The molecule has 3 aromatic rings. The summed E-state index contributed by atoms with van der Waals surface area (Å²) in [5, 5.41) is 3.63. The molecule has 0 radical (unpaired) electrons. The Morgan fingerprint density at radius 3 is 2.58 bits per heavy atom. The molecule has 4 heterocycles. The van der Waals surface area contributed by atoms with Crippen LogP contribution in [0.1, 0.15) is 10.6 Å². The third kappa shape index (κ3) is 2.82. The SMILES string of the molecule is O=C1C(=O)N(Cc2cc(=O)n3ccsc3n2)C(=O)N1CCc1cccs1. The molecule has 8 nitrogen and oxygen atoms in total. The fourth-order valence-electron chi connectivity index (χ4n) is 2.69. The number of aromatic nitrogens is 2. The van der Waals surface area contributed by atoms with Crippen LogP contribution in [0.15, 0.2) is 40.0 Å². The smallest absolute Gasteiger partial charge is 0.269 e. The summed E-state index contributed by atoms with van der Waals surface area (Å²) in [6.45, 7) is -0.0665. The van der Waals surface area contributed by atoms with E-state index in [-0.39, 0.29) is 24.3 Å². The standard InChI is InChI=1S/C16H12N4O4S2/c21-12-8-10(17-15-18(12)5-7-26-15)9-20-14(23)13(22)19(16(20)24)4-3-11-2-1-6-25-11/h1-2,5-8H,3-4,9H2. The molecular weight excluding hydrogens is 376 g/mol. The van der Waals surface area contributed by atoms with Gasteiger partial charge < -0.3 is 0 Å². The molecule has 4 amide bonds. The molecule has 0 aromatic carbocycles. The molecule has 26 heavy (non-hydrogen) atoms. The highest BCUT2D eigenvalue weighted by molar-refractivity contribution is 7.15. The van der Waals surface area contributed by atoms with Gasteiger partial charge >= 0.3 is 17.8 Å². The Kier molecular flexibility index (Phi) is 4.13. The number of carbonyl (C=O) groups is 3. The van der Waals surface area contributed by atoms with Crippen LogP contribution in [0.2, 0.25) is 0 Å². The quantitative estimate of drug-likeness (QED) is 0.486. The lowest BCUT2D eigenvalue weighted by Crippen LogP contribution is -2.34. The summed E-state index contributed by atoms with van der Waals surface area (Å²) in [4.78, 5) is 56.4. The molecule has 0 N–H and O–H groups in total. The topological polar surface area (TPSA) is 92.1 Å². The van der Waals surface area contributed by atoms with Gasteiger partial charge in [0.2, 0.25) is 0 Å². The first-order chi connectivity index (χ1) is 12.5. The average molecular weight is 388 g/mol. The number of hydrogen-bond donors (Lipinski definition) is 0. The summed E-state index contributed by atoms with van der Waals surface area (Å²) in [5.74, 6) is -1.74. The van der Waals surface area contributed by atoms with Gasteiger partial charge in [0.1, 0.15) is 0 Å². The van der Waals surface area contributed by atoms with Gasteiger partial charge in [-0.15, -0.1) is 22.7 Å². The summed E-state index contributed by atoms with van der Waals surface area (Å²) in [7, 11) is 0. The Balaban J connectivity index is 1.54. The zero-order valence-electron chi connectivity index (χ0n) is 13.3. The number of urea groups is 1. The maximum atomic E-state index is 12.5. The molecule has 0 bridgehead atoms. The Morgan fingerprint density at radius 1 is 1.00 bits per heavy atom. The molecule has 132 valence electrons. The predicted molar refractivity (Wildman–Crippen MR) is 95.0 cm³/mol. The van der Waals surface area contributed by atoms with E-state index in [4.69, 9.17) is 0 Å². The molecule has 1 fully saturated rings. The van der Waals surface area contributed by atoms with Crippen molar-refractivity contribution in [2.45, 2.75) is 13.0 Å². The second-order valence-corrected chi connectivity index (χ2v) is 7.51. The first-order valence-electron chi connectivity index (χ1n) is 7.70. The Morgan fingerprint density at radius 2 is 1.81 bits per heavy atom. The second-order valence-electron chi connectivity index (χ2n) is 5.60. The number of hydrogen-bond acceptors (Lipinski definition) is 7. The lowest BCUT2D eigenvalue weighted by Gasteiger charge is -2.14. The molecule has 0 unspecified atom stereocenters. The molecule has 1 aliphatic heterocycles. The van der Waals surface area contributed by atoms with Gasteiger partial charge in [-0.1, -0.05) is 6.07 Å². The van der Waals surface area contributed by atoms with Crippen LogP contribution in [-0.2, 0) is 22.6 Å². The molecule has 1 aliphatic rings. The highest BCUT2D eigenvalue weighted by Gasteiger charge is 2.44. The fraction of sp³-hybridized carbons (Fsp3) is 0.188. The first kappa shape index (κ1) is 16.6. The van der Waals surface area contributed by atoms with Crippen LogP contribution in [0, 0.1) is 0 Å². The van der Waals surface area contributed by atoms with Crippen LogP contribution in [0.25, 0.3) is 4.96 Å². The Hall–Kier alpha value is -2.85. The summed E-state index contributed by atoms with van der Waals surface area (Å²) in [6, 6.07) is 4.38. The maximum absolute atomic E-state index is 12.5. The average Bonchev–Trinajstić information content (AvgIpc) is 3.33. The largest absolute Gasteiger partial charge is 0.334 e. The van der Waals surface area contributed by atoms with Gasteiger partial charge in [-0.05, 0) is 11.4 Å². The van der Waals surface area contributed by atoms with Crippen LogP contribution >= 0.6 is 22.7 Å². The van der Waals surface area contributed by atoms with E-state index in [1.807, 2.05) is 17.5 Å². The zero-order chi connectivity index (χ0) is 18.3. The minimum absolute atomic E-state index is 0.139. The van der Waals surface area contributed by atoms with Gasteiger partial charge in [-0.25, -0.2) is 14.7 Å². The van der Waals surface area contributed by atoms with Crippen LogP contribution in [-0.4, -0.2) is 43.6 Å². The van der Waals surface area contributed by atoms with Gasteiger partial charge in [0, 0.05) is 35.5 Å². The van der Waals surface area contributed by atoms with Crippen LogP contribution in [0.3, 0.4) is 0 Å². The van der Waals surface area contributed by atoms with Gasteiger partial charge in [0.25, 0.3) is 5.56 Å². The van der Waals surface area contributed by atoms with Crippen molar-refractivity contribution >= 4 is 45.5 Å². The van der Waals surface area contributed by atoms with E-state index in [2.05, 4.69) is 4.98 Å². The molecule has 0 spiro atoms. The van der Waals surface area contributed by atoms with Crippen LogP contribution in [0.4, 0.5) is 4.79 Å². The highest BCUT2D eigenvalue weighted by atomic mass is 32.1. The zero-order valence-corrected chi connectivity index (χ0v) is 15.0. The van der Waals surface area contributed by atoms with Gasteiger partial charge in [0.15, 0.2) is 4.96 Å². The van der Waals surface area contributed by atoms with E-state index in [1.165, 1.54) is 33.1 Å². The van der Waals surface area contributed by atoms with Gasteiger partial charge in [-0.2, -0.15) is 0 Å². The molecule has 0 aliphatic carbocycles. The highest BCUT2D eigenvalue weighted by Crippen LogP contribution is 2.18. The molecule has 3 aromatic heterocycles. The van der Waals surface area contributed by atoms with E-state index in [1.54, 1.807) is 11.6 Å². The van der Waals surface area contributed by atoms with E-state index >= 15 is 0 Å². The summed E-state index contributed by atoms with van der Waals surface area (Å²) in [5.41, 5.74) is -0.0294. The van der Waals surface area contributed by atoms with Crippen molar-refractivity contribution in [3.63, 3.8) is 0 Å². The van der Waals surface area contributed by atoms with Crippen molar-refractivity contribution in [2.75, 3.05) is 6.54 Å². The number of nitrogens with zero attached hydrogens (tertiary/aromatic N) is 4. The molecule has 0 saturated carbocycles. The van der Waals surface area contributed by atoms with E-state index in [0.717, 1.165) is 14.7 Å². The molecule has 1 saturated heterocycles. The van der Waals surface area contributed by atoms with Gasteiger partial charge in [0.05, 0.1) is 12.2 Å². The van der Waals surface area contributed by atoms with Crippen molar-refractivity contribution in [1.29, 1.82) is 0 Å². The minimum atomic E-state index is -0.894. The van der Waals surface area contributed by atoms with Crippen molar-refractivity contribution in [2.24, 2.45) is 0 Å². The monoisotopic (exact) mass is 388 g/mol. The summed E-state index contributed by atoms with van der Waals surface area (Å²) in [6.07, 6.45) is 2.10. The van der Waals surface area contributed by atoms with E-state index in [9.17, 15) is 19.2 Å². The Labute approximate surface area is 154 Å². The van der Waals surface area contributed by atoms with E-state index in [0.29, 0.717) is 11.4 Å². The molecule has 10 heteroatoms. The normalized spacial score (nSPS) is 14.8. The number of fused-ring (bicyclic) bond motifs is 1. The molecule has 4 rings (SSSR count). The number of thiophene rings is 1. The second kappa shape index (κ2) is 6.46. The maximum Gasteiger partial charge on any atom is 0.334 e. The molecular formula is C16H12N4O4S2. The lowest BCUT2D eigenvalue weighted by atomic mass is 10.3. The van der Waals surface area contributed by atoms with Crippen molar-refractivity contribution in [3.8, 4) is 0 Å². The van der Waals surface area contributed by atoms with E-state index < -0.39 is 17.8 Å². The minimum Gasteiger partial charge on any atom is -0.269 e. The molecule has 0 atom stereocenters. The van der Waals surface area contributed by atoms with Crippen LogP contribution < -0.4 is 5.56 Å². The van der Waals surface area contributed by atoms with Crippen LogP contribution in [0.5, 0.6) is 0 Å². The summed E-state index contributed by atoms with van der Waals surface area (Å²) >= 11 is 2.79. The fourth-order valence-corrected chi connectivity index (χ4v) is 4.13. The number of imide groups is 2.